The standard InChI is InChI=1S/C9H11N2O/c10-6-5-7-3-1-2-4-8(7)9(11)12/h1-4,6H,5,10H2,(H2,11,12). The largest absolute Gasteiger partial charge is 0.366 e. The van der Waals surface area contributed by atoms with Crippen molar-refractivity contribution in [3.63, 3.8) is 0 Å². The van der Waals surface area contributed by atoms with Crippen LogP contribution < -0.4 is 11.5 Å². The zero-order valence-electron chi connectivity index (χ0n) is 6.66. The predicted octanol–water partition coefficient (Wildman–Crippen LogP) is 0.448. The van der Waals surface area contributed by atoms with Crippen molar-refractivity contribution in [3.8, 4) is 0 Å². The van der Waals surface area contributed by atoms with Gasteiger partial charge in [-0.15, -0.1) is 0 Å². The number of hydrogen-bond donors (Lipinski definition) is 2. The molecule has 0 aromatic heterocycles. The Morgan fingerprint density at radius 3 is 2.67 bits per heavy atom. The molecule has 1 aromatic carbocycles. The van der Waals surface area contributed by atoms with E-state index in [0.717, 1.165) is 5.56 Å². The van der Waals surface area contributed by atoms with Crippen LogP contribution in [-0.4, -0.2) is 5.91 Å². The summed E-state index contributed by atoms with van der Waals surface area (Å²) in [4.78, 5) is 10.9. The van der Waals surface area contributed by atoms with Crippen LogP contribution >= 0.6 is 0 Å². The van der Waals surface area contributed by atoms with Crippen LogP contribution in [0.3, 0.4) is 0 Å². The van der Waals surface area contributed by atoms with Gasteiger partial charge in [0.1, 0.15) is 0 Å². The van der Waals surface area contributed by atoms with Crippen LogP contribution in [0.4, 0.5) is 0 Å². The fourth-order valence-electron chi connectivity index (χ4n) is 1.07. The van der Waals surface area contributed by atoms with E-state index < -0.39 is 5.91 Å². The lowest BCUT2D eigenvalue weighted by Crippen LogP contribution is -2.14. The van der Waals surface area contributed by atoms with E-state index in [9.17, 15) is 4.79 Å². The van der Waals surface area contributed by atoms with Gasteiger partial charge in [-0.1, -0.05) is 18.2 Å². The van der Waals surface area contributed by atoms with Crippen LogP contribution in [0.1, 0.15) is 15.9 Å². The third-order valence-electron chi connectivity index (χ3n) is 1.62. The number of benzene rings is 1. The summed E-state index contributed by atoms with van der Waals surface area (Å²) in [6, 6.07) is 7.16. The molecule has 12 heavy (non-hydrogen) atoms. The summed E-state index contributed by atoms with van der Waals surface area (Å²) >= 11 is 0. The van der Waals surface area contributed by atoms with Gasteiger partial charge >= 0.3 is 0 Å². The van der Waals surface area contributed by atoms with Crippen LogP contribution in [0.15, 0.2) is 24.3 Å². The zero-order chi connectivity index (χ0) is 8.97. The number of primary amides is 1. The van der Waals surface area contributed by atoms with Crippen LogP contribution in [0.25, 0.3) is 0 Å². The Hall–Kier alpha value is -1.35. The summed E-state index contributed by atoms with van der Waals surface area (Å²) in [6.07, 6.45) is 0.569. The summed E-state index contributed by atoms with van der Waals surface area (Å²) in [5, 5.41) is 0. The molecular formula is C9H11N2O. The number of carbonyl (C=O) groups is 1. The Kier molecular flexibility index (Phi) is 2.82. The zero-order valence-corrected chi connectivity index (χ0v) is 6.66. The molecule has 1 rings (SSSR count). The molecule has 0 unspecified atom stereocenters. The Balaban J connectivity index is 3.00. The molecule has 0 saturated carbocycles. The van der Waals surface area contributed by atoms with E-state index >= 15 is 0 Å². The molecule has 1 amide bonds. The first-order valence-electron chi connectivity index (χ1n) is 3.67. The van der Waals surface area contributed by atoms with Gasteiger partial charge in [-0.05, 0) is 18.1 Å². The minimum Gasteiger partial charge on any atom is -0.366 e. The third-order valence-corrected chi connectivity index (χ3v) is 1.62. The molecular weight excluding hydrogens is 152 g/mol. The summed E-state index contributed by atoms with van der Waals surface area (Å²) in [5.74, 6) is -0.410. The van der Waals surface area contributed by atoms with Gasteiger partial charge in [0, 0.05) is 12.1 Å². The molecule has 0 saturated heterocycles. The van der Waals surface area contributed by atoms with E-state index in [1.165, 1.54) is 6.54 Å². The average molecular weight is 163 g/mol. The molecule has 3 heteroatoms. The molecule has 0 aliphatic heterocycles. The van der Waals surface area contributed by atoms with Gasteiger partial charge in [0.05, 0.1) is 0 Å². The van der Waals surface area contributed by atoms with Crippen molar-refractivity contribution >= 4 is 5.91 Å². The Labute approximate surface area is 71.4 Å². The smallest absolute Gasteiger partial charge is 0.248 e. The lowest BCUT2D eigenvalue weighted by atomic mass is 10.0. The van der Waals surface area contributed by atoms with E-state index in [0.29, 0.717) is 12.0 Å². The van der Waals surface area contributed by atoms with Crippen LogP contribution in [0.2, 0.25) is 0 Å². The van der Waals surface area contributed by atoms with Crippen molar-refractivity contribution in [2.24, 2.45) is 11.5 Å². The van der Waals surface area contributed by atoms with Crippen molar-refractivity contribution in [1.82, 2.24) is 0 Å². The second-order valence-electron chi connectivity index (χ2n) is 2.46. The second-order valence-corrected chi connectivity index (χ2v) is 2.46. The monoisotopic (exact) mass is 163 g/mol. The highest BCUT2D eigenvalue weighted by atomic mass is 16.1. The van der Waals surface area contributed by atoms with E-state index in [1.54, 1.807) is 12.1 Å². The van der Waals surface area contributed by atoms with E-state index in [1.807, 2.05) is 12.1 Å². The first-order valence-corrected chi connectivity index (χ1v) is 3.67. The number of amides is 1. The molecule has 0 fully saturated rings. The molecule has 1 radical (unpaired) electrons. The summed E-state index contributed by atoms with van der Waals surface area (Å²) in [5.41, 5.74) is 11.8. The molecule has 4 N–H and O–H groups in total. The van der Waals surface area contributed by atoms with Crippen molar-refractivity contribution in [3.05, 3.63) is 41.9 Å². The minimum absolute atomic E-state index is 0.410. The topological polar surface area (TPSA) is 69.1 Å². The molecule has 1 aromatic rings. The summed E-state index contributed by atoms with van der Waals surface area (Å²) in [6.45, 7) is 1.50. The molecule has 0 aliphatic carbocycles. The quantitative estimate of drug-likeness (QED) is 0.679. The fraction of sp³-hybridized carbons (Fsp3) is 0.111. The van der Waals surface area contributed by atoms with E-state index in [2.05, 4.69) is 0 Å². The van der Waals surface area contributed by atoms with Crippen LogP contribution in [0, 0.1) is 6.54 Å². The number of rotatable bonds is 3. The maximum absolute atomic E-state index is 10.9. The summed E-state index contributed by atoms with van der Waals surface area (Å²) in [7, 11) is 0. The van der Waals surface area contributed by atoms with Gasteiger partial charge in [0.15, 0.2) is 0 Å². The molecule has 0 spiro atoms. The van der Waals surface area contributed by atoms with Gasteiger partial charge in [0.25, 0.3) is 0 Å². The predicted molar refractivity (Wildman–Crippen MR) is 47.2 cm³/mol. The molecule has 3 nitrogen and oxygen atoms in total. The average Bonchev–Trinajstić information content (AvgIpc) is 2.05. The molecule has 0 bridgehead atoms. The van der Waals surface area contributed by atoms with Crippen LogP contribution in [0.5, 0.6) is 0 Å². The van der Waals surface area contributed by atoms with Crippen molar-refractivity contribution in [1.29, 1.82) is 0 Å². The normalized spacial score (nSPS) is 9.75. The van der Waals surface area contributed by atoms with E-state index in [4.69, 9.17) is 11.5 Å². The van der Waals surface area contributed by atoms with Crippen molar-refractivity contribution < 1.29 is 4.79 Å². The van der Waals surface area contributed by atoms with Gasteiger partial charge in [-0.3, -0.25) is 4.79 Å². The Bertz CT molecular complexity index is 284. The second kappa shape index (κ2) is 3.88. The van der Waals surface area contributed by atoms with Gasteiger partial charge in [0.2, 0.25) is 5.91 Å². The van der Waals surface area contributed by atoms with Crippen molar-refractivity contribution in [2.45, 2.75) is 6.42 Å². The molecule has 0 aliphatic rings. The highest BCUT2D eigenvalue weighted by molar-refractivity contribution is 5.94. The lowest BCUT2D eigenvalue weighted by molar-refractivity contribution is 0.0999. The first kappa shape index (κ1) is 8.74. The fourth-order valence-corrected chi connectivity index (χ4v) is 1.07. The number of carbonyl (C=O) groups excluding carboxylic acids is 1. The molecule has 0 heterocycles. The maximum Gasteiger partial charge on any atom is 0.248 e. The number of nitrogens with two attached hydrogens (primary N) is 2. The minimum atomic E-state index is -0.410. The van der Waals surface area contributed by atoms with Gasteiger partial charge in [-0.2, -0.15) is 0 Å². The summed E-state index contributed by atoms with van der Waals surface area (Å²) < 4.78 is 0. The van der Waals surface area contributed by atoms with E-state index in [-0.39, 0.29) is 0 Å². The third kappa shape index (κ3) is 1.83. The first-order chi connectivity index (χ1) is 5.75. The number of hydrogen-bond acceptors (Lipinski definition) is 2. The lowest BCUT2D eigenvalue weighted by Gasteiger charge is -2.03. The Morgan fingerprint density at radius 2 is 2.08 bits per heavy atom. The van der Waals surface area contributed by atoms with Gasteiger partial charge < -0.3 is 11.5 Å². The van der Waals surface area contributed by atoms with Crippen LogP contribution in [-0.2, 0) is 6.42 Å². The van der Waals surface area contributed by atoms with Gasteiger partial charge in [-0.25, -0.2) is 0 Å². The highest BCUT2D eigenvalue weighted by Gasteiger charge is 2.04. The highest BCUT2D eigenvalue weighted by Crippen LogP contribution is 2.08. The maximum atomic E-state index is 10.9. The Morgan fingerprint density at radius 1 is 1.42 bits per heavy atom. The molecule has 63 valence electrons. The molecule has 0 atom stereocenters. The van der Waals surface area contributed by atoms with Crippen molar-refractivity contribution in [2.75, 3.05) is 0 Å². The SMILES string of the molecule is N[CH]Cc1ccccc1C(N)=O.